The van der Waals surface area contributed by atoms with Crippen LogP contribution in [0.15, 0.2) is 47.4 Å². The van der Waals surface area contributed by atoms with Gasteiger partial charge in [0, 0.05) is 9.82 Å². The number of rotatable bonds is 7. The molecule has 1 atom stereocenters. The molecule has 1 saturated carbocycles. The van der Waals surface area contributed by atoms with Crippen molar-refractivity contribution in [2.75, 3.05) is 13.2 Å². The number of carbonyl (C=O) groups excluding carboxylic acids is 1. The van der Waals surface area contributed by atoms with E-state index in [9.17, 15) is 14.9 Å². The Kier molecular flexibility index (Phi) is 6.37. The SMILES string of the molecule is CCOC(=O)[C@](C[N+](=O)[O-])(Sc1ccc2ccccc2c1)C1CCCCC1. The van der Waals surface area contributed by atoms with Gasteiger partial charge in [-0.2, -0.15) is 0 Å². The number of benzene rings is 2. The first-order valence-corrected chi connectivity index (χ1v) is 10.3. The molecule has 1 aliphatic carbocycles. The molecule has 0 spiro atoms. The van der Waals surface area contributed by atoms with Crippen LogP contribution < -0.4 is 0 Å². The van der Waals surface area contributed by atoms with Crippen molar-refractivity contribution >= 4 is 28.5 Å². The zero-order valence-corrected chi connectivity index (χ0v) is 16.4. The van der Waals surface area contributed by atoms with Gasteiger partial charge in [-0.1, -0.05) is 49.6 Å². The minimum Gasteiger partial charge on any atom is -0.465 e. The van der Waals surface area contributed by atoms with Gasteiger partial charge < -0.3 is 4.74 Å². The van der Waals surface area contributed by atoms with Gasteiger partial charge in [-0.25, -0.2) is 0 Å². The van der Waals surface area contributed by atoms with E-state index in [1.165, 1.54) is 11.8 Å². The summed E-state index contributed by atoms with van der Waals surface area (Å²) in [4.78, 5) is 25.1. The first-order valence-electron chi connectivity index (χ1n) is 9.52. The smallest absolute Gasteiger partial charge is 0.329 e. The van der Waals surface area contributed by atoms with E-state index in [1.807, 2.05) is 42.5 Å². The number of fused-ring (bicyclic) bond motifs is 1. The summed E-state index contributed by atoms with van der Waals surface area (Å²) >= 11 is 1.32. The Labute approximate surface area is 163 Å². The summed E-state index contributed by atoms with van der Waals surface area (Å²) in [6.07, 6.45) is 4.78. The summed E-state index contributed by atoms with van der Waals surface area (Å²) in [5, 5.41) is 13.7. The van der Waals surface area contributed by atoms with Crippen LogP contribution in [0, 0.1) is 16.0 Å². The summed E-state index contributed by atoms with van der Waals surface area (Å²) in [7, 11) is 0. The normalized spacial score (nSPS) is 17.4. The fourth-order valence-corrected chi connectivity index (χ4v) is 5.43. The van der Waals surface area contributed by atoms with Crippen molar-refractivity contribution in [1.29, 1.82) is 0 Å². The highest BCUT2D eigenvalue weighted by atomic mass is 32.2. The minimum absolute atomic E-state index is 0.0489. The molecule has 1 fully saturated rings. The lowest BCUT2D eigenvalue weighted by molar-refractivity contribution is -0.484. The van der Waals surface area contributed by atoms with Gasteiger partial charge in [0.1, 0.15) is 0 Å². The summed E-state index contributed by atoms with van der Waals surface area (Å²) in [6, 6.07) is 13.9. The summed E-state index contributed by atoms with van der Waals surface area (Å²) in [5.74, 6) is -0.501. The zero-order valence-electron chi connectivity index (χ0n) is 15.6. The third kappa shape index (κ3) is 4.43. The topological polar surface area (TPSA) is 69.4 Å². The molecule has 0 N–H and O–H groups in total. The van der Waals surface area contributed by atoms with E-state index in [1.54, 1.807) is 6.92 Å². The molecule has 0 unspecified atom stereocenters. The molecule has 0 radical (unpaired) electrons. The number of nitrogens with zero attached hydrogens (tertiary/aromatic N) is 1. The van der Waals surface area contributed by atoms with Crippen molar-refractivity contribution in [3.8, 4) is 0 Å². The fraction of sp³-hybridized carbons (Fsp3) is 0.476. The highest BCUT2D eigenvalue weighted by Crippen LogP contribution is 2.46. The van der Waals surface area contributed by atoms with Gasteiger partial charge in [0.05, 0.1) is 6.61 Å². The number of nitro groups is 1. The quantitative estimate of drug-likeness (QED) is 0.286. The number of thioether (sulfide) groups is 1. The van der Waals surface area contributed by atoms with Crippen LogP contribution in [-0.2, 0) is 9.53 Å². The number of ether oxygens (including phenoxy) is 1. The molecule has 144 valence electrons. The molecule has 27 heavy (non-hydrogen) atoms. The second-order valence-electron chi connectivity index (χ2n) is 7.05. The highest BCUT2D eigenvalue weighted by molar-refractivity contribution is 8.01. The molecule has 0 bridgehead atoms. The van der Waals surface area contributed by atoms with Gasteiger partial charge in [0.25, 0.3) is 0 Å². The monoisotopic (exact) mass is 387 g/mol. The predicted molar refractivity (Wildman–Crippen MR) is 108 cm³/mol. The van der Waals surface area contributed by atoms with Gasteiger partial charge >= 0.3 is 5.97 Å². The third-order valence-electron chi connectivity index (χ3n) is 5.27. The van der Waals surface area contributed by atoms with Gasteiger partial charge in [0.15, 0.2) is 4.75 Å². The van der Waals surface area contributed by atoms with Gasteiger partial charge in [-0.05, 0) is 48.6 Å². The Morgan fingerprint density at radius 3 is 2.56 bits per heavy atom. The Bertz CT molecular complexity index is 819. The van der Waals surface area contributed by atoms with Crippen LogP contribution in [-0.4, -0.2) is 28.8 Å². The van der Waals surface area contributed by atoms with Crippen molar-refractivity contribution in [3.05, 3.63) is 52.6 Å². The molecule has 5 nitrogen and oxygen atoms in total. The lowest BCUT2D eigenvalue weighted by Gasteiger charge is -2.37. The second-order valence-corrected chi connectivity index (χ2v) is 8.45. The Hall–Kier alpha value is -2.08. The number of esters is 1. The Morgan fingerprint density at radius 1 is 1.19 bits per heavy atom. The average molecular weight is 388 g/mol. The van der Waals surface area contributed by atoms with E-state index in [2.05, 4.69) is 0 Å². The highest BCUT2D eigenvalue weighted by Gasteiger charge is 2.52. The van der Waals surface area contributed by atoms with Crippen molar-refractivity contribution in [2.45, 2.75) is 48.7 Å². The van der Waals surface area contributed by atoms with E-state index in [4.69, 9.17) is 4.74 Å². The van der Waals surface area contributed by atoms with E-state index < -0.39 is 17.3 Å². The van der Waals surface area contributed by atoms with Crippen LogP contribution in [0.1, 0.15) is 39.0 Å². The standard InChI is InChI=1S/C21H25NO4S/c1-2-26-20(23)21(15-22(24)25,18-10-4-3-5-11-18)27-19-13-12-16-8-6-7-9-17(16)14-19/h6-9,12-14,18H,2-5,10-11,15H2,1H3/t21-/m1/s1. The molecule has 6 heteroatoms. The van der Waals surface area contributed by atoms with Crippen LogP contribution >= 0.6 is 11.8 Å². The lowest BCUT2D eigenvalue weighted by atomic mass is 9.79. The maximum absolute atomic E-state index is 13.0. The van der Waals surface area contributed by atoms with E-state index >= 15 is 0 Å². The zero-order chi connectivity index (χ0) is 19.3. The average Bonchev–Trinajstić information content (AvgIpc) is 2.68. The summed E-state index contributed by atoms with van der Waals surface area (Å²) < 4.78 is 4.18. The fourth-order valence-electron chi connectivity index (χ4n) is 3.97. The largest absolute Gasteiger partial charge is 0.465 e. The molecule has 0 aromatic heterocycles. The molecule has 0 aliphatic heterocycles. The Balaban J connectivity index is 2.01. The molecule has 2 aromatic rings. The molecule has 0 saturated heterocycles. The van der Waals surface area contributed by atoms with Crippen LogP contribution in [0.3, 0.4) is 0 Å². The summed E-state index contributed by atoms with van der Waals surface area (Å²) in [5.41, 5.74) is 0. The van der Waals surface area contributed by atoms with Crippen molar-refractivity contribution in [2.24, 2.45) is 5.92 Å². The molecule has 0 amide bonds. The Morgan fingerprint density at radius 2 is 1.89 bits per heavy atom. The second kappa shape index (κ2) is 8.74. The summed E-state index contributed by atoms with van der Waals surface area (Å²) in [6.45, 7) is 1.56. The third-order valence-corrected chi connectivity index (χ3v) is 6.75. The maximum atomic E-state index is 13.0. The minimum atomic E-state index is -1.18. The van der Waals surface area contributed by atoms with Gasteiger partial charge in [0.2, 0.25) is 6.54 Å². The number of carbonyl (C=O) groups is 1. The van der Waals surface area contributed by atoms with Crippen LogP contribution in [0.4, 0.5) is 0 Å². The first kappa shape index (κ1) is 19.7. The van der Waals surface area contributed by atoms with Crippen LogP contribution in [0.2, 0.25) is 0 Å². The number of hydrogen-bond acceptors (Lipinski definition) is 5. The van der Waals surface area contributed by atoms with E-state index in [0.29, 0.717) is 0 Å². The van der Waals surface area contributed by atoms with Gasteiger partial charge in [-0.15, -0.1) is 11.8 Å². The molecular formula is C21H25NO4S. The van der Waals surface area contributed by atoms with E-state index in [0.717, 1.165) is 47.8 Å². The molecular weight excluding hydrogens is 362 g/mol. The first-order chi connectivity index (χ1) is 13.0. The molecule has 3 rings (SSSR count). The predicted octanol–water partition coefficient (Wildman–Crippen LogP) is 5.09. The van der Waals surface area contributed by atoms with Gasteiger partial charge in [-0.3, -0.25) is 14.9 Å². The van der Waals surface area contributed by atoms with Crippen LogP contribution in [0.5, 0.6) is 0 Å². The van der Waals surface area contributed by atoms with Crippen molar-refractivity contribution in [3.63, 3.8) is 0 Å². The number of hydrogen-bond donors (Lipinski definition) is 0. The van der Waals surface area contributed by atoms with Crippen molar-refractivity contribution in [1.82, 2.24) is 0 Å². The molecule has 2 aromatic carbocycles. The molecule has 1 aliphatic rings. The van der Waals surface area contributed by atoms with Crippen molar-refractivity contribution < 1.29 is 14.5 Å². The maximum Gasteiger partial charge on any atom is 0.329 e. The van der Waals surface area contributed by atoms with E-state index in [-0.39, 0.29) is 17.4 Å². The van der Waals surface area contributed by atoms with Crippen LogP contribution in [0.25, 0.3) is 10.8 Å². The lowest BCUT2D eigenvalue weighted by Crippen LogP contribution is -2.50. The molecule has 0 heterocycles.